The van der Waals surface area contributed by atoms with Gasteiger partial charge in [-0.1, -0.05) is 6.92 Å². The number of aliphatic hydroxyl groups is 1. The van der Waals surface area contributed by atoms with Crippen molar-refractivity contribution in [2.24, 2.45) is 5.92 Å². The van der Waals surface area contributed by atoms with Crippen LogP contribution < -0.4 is 15.0 Å². The van der Waals surface area contributed by atoms with Gasteiger partial charge in [-0.05, 0) is 75.6 Å². The Morgan fingerprint density at radius 1 is 1.11 bits per heavy atom. The number of carbonyl (C=O) groups is 2. The highest BCUT2D eigenvalue weighted by Crippen LogP contribution is 2.31. The number of halogens is 3. The Hall–Kier alpha value is -3.51. The zero-order chi connectivity index (χ0) is 32.6. The van der Waals surface area contributed by atoms with Gasteiger partial charge in [0.05, 0.1) is 36.0 Å². The Morgan fingerprint density at radius 3 is 2.41 bits per heavy atom. The Morgan fingerprint density at radius 2 is 1.80 bits per heavy atom. The number of hydrogen-bond acceptors (Lipinski definition) is 6. The van der Waals surface area contributed by atoms with Gasteiger partial charge in [-0.3, -0.25) is 4.79 Å². The molecule has 3 amide bonds. The van der Waals surface area contributed by atoms with Gasteiger partial charge < -0.3 is 34.6 Å². The second-order valence-electron chi connectivity index (χ2n) is 11.8. The predicted octanol–water partition coefficient (Wildman–Crippen LogP) is 5.73. The van der Waals surface area contributed by atoms with E-state index in [4.69, 9.17) is 9.47 Å². The molecule has 3 rings (SSSR count). The lowest BCUT2D eigenvalue weighted by molar-refractivity contribution is -0.137. The van der Waals surface area contributed by atoms with Gasteiger partial charge >= 0.3 is 12.2 Å². The maximum atomic E-state index is 14.1. The molecule has 12 heteroatoms. The van der Waals surface area contributed by atoms with E-state index in [2.05, 4.69) is 5.32 Å². The zero-order valence-electron chi connectivity index (χ0n) is 26.4. The van der Waals surface area contributed by atoms with Crippen molar-refractivity contribution in [3.05, 3.63) is 53.6 Å². The summed E-state index contributed by atoms with van der Waals surface area (Å²) in [6.45, 7) is 6.25. The van der Waals surface area contributed by atoms with Gasteiger partial charge in [-0.2, -0.15) is 13.2 Å². The van der Waals surface area contributed by atoms with Crippen molar-refractivity contribution in [3.8, 4) is 5.75 Å². The maximum Gasteiger partial charge on any atom is 0.416 e. The molecule has 0 saturated heterocycles. The number of nitrogens with one attached hydrogen (secondary N) is 1. The number of carbonyl (C=O) groups excluding carboxylic acids is 2. The van der Waals surface area contributed by atoms with Crippen LogP contribution >= 0.6 is 0 Å². The van der Waals surface area contributed by atoms with Crippen molar-refractivity contribution in [3.63, 3.8) is 0 Å². The van der Waals surface area contributed by atoms with Crippen molar-refractivity contribution in [1.82, 2.24) is 9.80 Å². The van der Waals surface area contributed by atoms with E-state index >= 15 is 0 Å². The average Bonchev–Trinajstić information content (AvgIpc) is 2.97. The quantitative estimate of drug-likeness (QED) is 0.428. The standard InChI is InChI=1S/C32H45F3N4O5/c1-21-18-39(22(2)20-40)30(41)27-17-26(37(4)5)14-15-28(27)44-23(3)9-7-8-16-43-29(21)19-38(6)31(42)36-25-12-10-24(11-13-25)32(33,34)35/h10-15,17,21-23,29,40H,7-9,16,18-20H2,1-6H3,(H,36,42)/t21-,22+,23+,29-/m1/s1. The molecule has 0 bridgehead atoms. The fourth-order valence-electron chi connectivity index (χ4n) is 4.97. The summed E-state index contributed by atoms with van der Waals surface area (Å²) in [6.07, 6.45) is -2.74. The first kappa shape index (κ1) is 35.0. The SMILES string of the molecule is C[C@@H]1CN([C@@H](C)CO)C(=O)c2cc(N(C)C)ccc2O[C@@H](C)CCCCO[C@@H]1CN(C)C(=O)Nc1ccc(C(F)(F)F)cc1. The minimum atomic E-state index is -4.47. The molecule has 244 valence electrons. The van der Waals surface area contributed by atoms with Gasteiger partial charge in [-0.25, -0.2) is 4.79 Å². The lowest BCUT2D eigenvalue weighted by Crippen LogP contribution is -2.48. The molecule has 2 aromatic carbocycles. The minimum Gasteiger partial charge on any atom is -0.490 e. The molecule has 0 aliphatic carbocycles. The van der Waals surface area contributed by atoms with Crippen LogP contribution in [0, 0.1) is 5.92 Å². The van der Waals surface area contributed by atoms with Gasteiger partial charge in [0.2, 0.25) is 0 Å². The molecule has 0 radical (unpaired) electrons. The van der Waals surface area contributed by atoms with Crippen LogP contribution in [0.15, 0.2) is 42.5 Å². The van der Waals surface area contributed by atoms with E-state index in [1.165, 1.54) is 17.0 Å². The number of urea groups is 1. The van der Waals surface area contributed by atoms with Crippen LogP contribution in [0.25, 0.3) is 0 Å². The summed E-state index contributed by atoms with van der Waals surface area (Å²) in [5.41, 5.74) is 0.665. The van der Waals surface area contributed by atoms with E-state index in [-0.39, 0.29) is 43.3 Å². The lowest BCUT2D eigenvalue weighted by atomic mass is 10.0. The van der Waals surface area contributed by atoms with Crippen LogP contribution in [0.5, 0.6) is 5.75 Å². The third kappa shape index (κ3) is 9.49. The molecule has 44 heavy (non-hydrogen) atoms. The smallest absolute Gasteiger partial charge is 0.416 e. The summed E-state index contributed by atoms with van der Waals surface area (Å²) in [4.78, 5) is 32.0. The molecule has 1 aliphatic heterocycles. The van der Waals surface area contributed by atoms with Crippen LogP contribution in [0.3, 0.4) is 0 Å². The van der Waals surface area contributed by atoms with Crippen molar-refractivity contribution in [1.29, 1.82) is 0 Å². The summed E-state index contributed by atoms with van der Waals surface area (Å²) < 4.78 is 51.3. The minimum absolute atomic E-state index is 0.145. The molecule has 2 N–H and O–H groups in total. The number of benzene rings is 2. The molecule has 9 nitrogen and oxygen atoms in total. The first-order chi connectivity index (χ1) is 20.7. The highest BCUT2D eigenvalue weighted by Gasteiger charge is 2.32. The zero-order valence-corrected chi connectivity index (χ0v) is 26.4. The Balaban J connectivity index is 1.84. The predicted molar refractivity (Wildman–Crippen MR) is 164 cm³/mol. The summed E-state index contributed by atoms with van der Waals surface area (Å²) in [7, 11) is 5.36. The van der Waals surface area contributed by atoms with Gasteiger partial charge in [0.1, 0.15) is 5.75 Å². The maximum absolute atomic E-state index is 14.1. The third-order valence-electron chi connectivity index (χ3n) is 7.82. The average molecular weight is 623 g/mol. The molecular formula is C32H45F3N4O5. The Kier molecular flexibility index (Phi) is 12.3. The second-order valence-corrected chi connectivity index (χ2v) is 11.8. The van der Waals surface area contributed by atoms with Gasteiger partial charge in [-0.15, -0.1) is 0 Å². The first-order valence-electron chi connectivity index (χ1n) is 14.9. The van der Waals surface area contributed by atoms with Crippen LogP contribution in [-0.4, -0.2) is 92.5 Å². The number of likely N-dealkylation sites (N-methyl/N-ethyl adjacent to an activating group) is 1. The highest BCUT2D eigenvalue weighted by atomic mass is 19.4. The van der Waals surface area contributed by atoms with Crippen molar-refractivity contribution >= 4 is 23.3 Å². The van der Waals surface area contributed by atoms with Gasteiger partial charge in [0.15, 0.2) is 0 Å². The highest BCUT2D eigenvalue weighted by molar-refractivity contribution is 5.98. The van der Waals surface area contributed by atoms with Gasteiger partial charge in [0, 0.05) is 58.1 Å². The van der Waals surface area contributed by atoms with Crippen molar-refractivity contribution < 1.29 is 37.3 Å². The van der Waals surface area contributed by atoms with Gasteiger partial charge in [0.25, 0.3) is 5.91 Å². The van der Waals surface area contributed by atoms with E-state index in [1.807, 2.05) is 45.0 Å². The topological polar surface area (TPSA) is 94.6 Å². The van der Waals surface area contributed by atoms with Crippen LogP contribution in [-0.2, 0) is 10.9 Å². The summed E-state index contributed by atoms with van der Waals surface area (Å²) in [5, 5.41) is 12.7. The molecule has 0 unspecified atom stereocenters. The van der Waals surface area contributed by atoms with E-state index in [0.717, 1.165) is 37.1 Å². The van der Waals surface area contributed by atoms with Crippen LogP contribution in [0.4, 0.5) is 29.3 Å². The number of nitrogens with zero attached hydrogens (tertiary/aromatic N) is 3. The summed E-state index contributed by atoms with van der Waals surface area (Å²) in [5.74, 6) is -0.0496. The molecule has 0 saturated carbocycles. The largest absolute Gasteiger partial charge is 0.490 e. The molecule has 1 heterocycles. The Bertz CT molecular complexity index is 1240. The molecule has 0 fully saturated rings. The van der Waals surface area contributed by atoms with Crippen molar-refractivity contribution in [2.75, 3.05) is 57.7 Å². The molecule has 1 aliphatic rings. The van der Waals surface area contributed by atoms with Crippen molar-refractivity contribution in [2.45, 2.75) is 64.5 Å². The molecule has 4 atom stereocenters. The molecule has 0 aromatic heterocycles. The summed E-state index contributed by atoms with van der Waals surface area (Å²) in [6, 6.07) is 8.74. The van der Waals surface area contributed by atoms with Crippen LogP contribution in [0.1, 0.15) is 56.0 Å². The molecule has 2 aromatic rings. The number of anilines is 2. The second kappa shape index (κ2) is 15.5. The lowest BCUT2D eigenvalue weighted by Gasteiger charge is -2.36. The number of alkyl halides is 3. The van der Waals surface area contributed by atoms with E-state index in [0.29, 0.717) is 17.9 Å². The monoisotopic (exact) mass is 622 g/mol. The number of ether oxygens (including phenoxy) is 2. The third-order valence-corrected chi connectivity index (χ3v) is 7.82. The fourth-order valence-corrected chi connectivity index (χ4v) is 4.97. The number of fused-ring (bicyclic) bond motifs is 1. The van der Waals surface area contributed by atoms with Crippen LogP contribution in [0.2, 0.25) is 0 Å². The number of hydrogen-bond donors (Lipinski definition) is 2. The first-order valence-corrected chi connectivity index (χ1v) is 14.9. The number of rotatable bonds is 6. The number of aliphatic hydroxyl groups excluding tert-OH is 1. The Labute approximate surface area is 257 Å². The summed E-state index contributed by atoms with van der Waals surface area (Å²) >= 11 is 0. The molecular weight excluding hydrogens is 577 g/mol. The number of amides is 3. The normalized spacial score (nSPS) is 21.0. The van der Waals surface area contributed by atoms with E-state index < -0.39 is 29.9 Å². The molecule has 0 spiro atoms. The van der Waals surface area contributed by atoms with E-state index in [1.54, 1.807) is 24.9 Å². The fraction of sp³-hybridized carbons (Fsp3) is 0.562. The van der Waals surface area contributed by atoms with E-state index in [9.17, 15) is 27.9 Å².